The van der Waals surface area contributed by atoms with E-state index in [4.69, 9.17) is 0 Å². The zero-order chi connectivity index (χ0) is 12.8. The Morgan fingerprint density at radius 1 is 1.22 bits per heavy atom. The van der Waals surface area contributed by atoms with Crippen molar-refractivity contribution in [2.75, 3.05) is 13.1 Å². The van der Waals surface area contributed by atoms with E-state index in [1.165, 1.54) is 18.4 Å². The third-order valence-corrected chi connectivity index (χ3v) is 3.55. The second-order valence-electron chi connectivity index (χ2n) is 4.71. The molecule has 1 aromatic carbocycles. The minimum Gasteiger partial charge on any atom is -0.352 e. The van der Waals surface area contributed by atoms with Gasteiger partial charge in [-0.25, -0.2) is 0 Å². The van der Waals surface area contributed by atoms with Gasteiger partial charge in [0.05, 0.1) is 6.54 Å². The Balaban J connectivity index is 1.92. The molecule has 0 saturated heterocycles. The fraction of sp³-hybridized carbons (Fsp3) is 0.533. The van der Waals surface area contributed by atoms with Gasteiger partial charge in [-0.15, -0.1) is 0 Å². The van der Waals surface area contributed by atoms with Crippen molar-refractivity contribution >= 4 is 5.96 Å². The highest BCUT2D eigenvalue weighted by atomic mass is 15.3. The maximum Gasteiger partial charge on any atom is 0.194 e. The standard InChI is InChI=1S/C15H23N3/c1-3-14(4-2)18-11-10-16-15(18)17-12-13-8-6-5-7-9-13/h5-9,14H,3-4,10-12H2,1-2H3,(H,16,17). The van der Waals surface area contributed by atoms with E-state index >= 15 is 0 Å². The van der Waals surface area contributed by atoms with Gasteiger partial charge in [0.25, 0.3) is 0 Å². The lowest BCUT2D eigenvalue weighted by Crippen LogP contribution is -2.44. The molecule has 0 saturated carbocycles. The molecule has 0 aromatic heterocycles. The Hall–Kier alpha value is -1.51. The molecular formula is C15H23N3. The van der Waals surface area contributed by atoms with Crippen molar-refractivity contribution in [1.82, 2.24) is 10.2 Å². The van der Waals surface area contributed by atoms with Crippen LogP contribution in [0, 0.1) is 0 Å². The van der Waals surface area contributed by atoms with E-state index in [0.29, 0.717) is 6.04 Å². The van der Waals surface area contributed by atoms with Crippen LogP contribution in [0.2, 0.25) is 0 Å². The van der Waals surface area contributed by atoms with Gasteiger partial charge < -0.3 is 10.2 Å². The maximum atomic E-state index is 4.58. The van der Waals surface area contributed by atoms with Crippen LogP contribution in [0.4, 0.5) is 0 Å². The summed E-state index contributed by atoms with van der Waals surface area (Å²) in [5, 5.41) is 3.47. The minimum absolute atomic E-state index is 0.620. The van der Waals surface area contributed by atoms with Gasteiger partial charge in [-0.05, 0) is 18.4 Å². The van der Waals surface area contributed by atoms with Gasteiger partial charge in [-0.2, -0.15) is 0 Å². The van der Waals surface area contributed by atoms with Gasteiger partial charge in [-0.1, -0.05) is 44.2 Å². The van der Waals surface area contributed by atoms with Gasteiger partial charge in [0.15, 0.2) is 5.96 Å². The van der Waals surface area contributed by atoms with Crippen molar-refractivity contribution in [1.29, 1.82) is 0 Å². The molecule has 98 valence electrons. The van der Waals surface area contributed by atoms with Gasteiger partial charge in [0, 0.05) is 19.1 Å². The van der Waals surface area contributed by atoms with Crippen molar-refractivity contribution in [3.63, 3.8) is 0 Å². The van der Waals surface area contributed by atoms with Crippen molar-refractivity contribution in [3.05, 3.63) is 35.9 Å². The van der Waals surface area contributed by atoms with Crippen LogP contribution in [0.25, 0.3) is 0 Å². The van der Waals surface area contributed by atoms with Crippen molar-refractivity contribution in [2.45, 2.75) is 39.3 Å². The predicted octanol–water partition coefficient (Wildman–Crippen LogP) is 2.64. The molecule has 1 aliphatic rings. The first-order chi connectivity index (χ1) is 8.85. The normalized spacial score (nSPS) is 15.1. The fourth-order valence-corrected chi connectivity index (χ4v) is 2.48. The molecule has 0 spiro atoms. The van der Waals surface area contributed by atoms with Crippen LogP contribution in [0.15, 0.2) is 35.3 Å². The highest BCUT2D eigenvalue weighted by Gasteiger charge is 2.22. The summed E-state index contributed by atoms with van der Waals surface area (Å²) < 4.78 is 0. The Labute approximate surface area is 110 Å². The number of benzene rings is 1. The SMILES string of the molecule is CCC(CC)N1CCN=C1NCc1ccccc1. The van der Waals surface area contributed by atoms with E-state index < -0.39 is 0 Å². The lowest BCUT2D eigenvalue weighted by atomic mass is 10.1. The molecule has 18 heavy (non-hydrogen) atoms. The number of rotatable bonds is 5. The molecule has 1 aliphatic heterocycles. The Bertz CT molecular complexity index is 382. The van der Waals surface area contributed by atoms with Crippen LogP contribution < -0.4 is 5.32 Å². The topological polar surface area (TPSA) is 27.6 Å². The molecule has 0 bridgehead atoms. The molecule has 0 fully saturated rings. The van der Waals surface area contributed by atoms with Crippen molar-refractivity contribution in [3.8, 4) is 0 Å². The molecule has 1 N–H and O–H groups in total. The quantitative estimate of drug-likeness (QED) is 0.863. The molecule has 3 heteroatoms. The lowest BCUT2D eigenvalue weighted by Gasteiger charge is -2.29. The predicted molar refractivity (Wildman–Crippen MR) is 76.7 cm³/mol. The fourth-order valence-electron chi connectivity index (χ4n) is 2.48. The van der Waals surface area contributed by atoms with Gasteiger partial charge in [-0.3, -0.25) is 4.99 Å². The monoisotopic (exact) mass is 245 g/mol. The van der Waals surface area contributed by atoms with Gasteiger partial charge in [0.2, 0.25) is 0 Å². The molecule has 2 rings (SSSR count). The average molecular weight is 245 g/mol. The zero-order valence-electron chi connectivity index (χ0n) is 11.4. The van der Waals surface area contributed by atoms with Gasteiger partial charge in [0.1, 0.15) is 0 Å². The summed E-state index contributed by atoms with van der Waals surface area (Å²) >= 11 is 0. The molecule has 3 nitrogen and oxygen atoms in total. The summed E-state index contributed by atoms with van der Waals surface area (Å²) in [6.07, 6.45) is 2.37. The lowest BCUT2D eigenvalue weighted by molar-refractivity contribution is 0.309. The summed E-state index contributed by atoms with van der Waals surface area (Å²) in [6.45, 7) is 7.34. The van der Waals surface area contributed by atoms with E-state index in [-0.39, 0.29) is 0 Å². The number of nitrogens with one attached hydrogen (secondary N) is 1. The zero-order valence-corrected chi connectivity index (χ0v) is 11.4. The second kappa shape index (κ2) is 6.43. The maximum absolute atomic E-state index is 4.58. The van der Waals surface area contributed by atoms with Gasteiger partial charge >= 0.3 is 0 Å². The van der Waals surface area contributed by atoms with Crippen LogP contribution in [0.1, 0.15) is 32.3 Å². The highest BCUT2D eigenvalue weighted by Crippen LogP contribution is 2.12. The number of aliphatic imine (C=N–C) groups is 1. The Kier molecular flexibility index (Phi) is 4.62. The average Bonchev–Trinajstić information content (AvgIpc) is 2.88. The highest BCUT2D eigenvalue weighted by molar-refractivity contribution is 5.81. The first kappa shape index (κ1) is 12.9. The summed E-state index contributed by atoms with van der Waals surface area (Å²) in [6, 6.07) is 11.1. The molecule has 1 aromatic rings. The Morgan fingerprint density at radius 2 is 1.94 bits per heavy atom. The largest absolute Gasteiger partial charge is 0.352 e. The first-order valence-electron chi connectivity index (χ1n) is 6.94. The van der Waals surface area contributed by atoms with E-state index in [9.17, 15) is 0 Å². The third-order valence-electron chi connectivity index (χ3n) is 3.55. The van der Waals surface area contributed by atoms with Crippen molar-refractivity contribution in [2.24, 2.45) is 4.99 Å². The molecule has 1 heterocycles. The van der Waals surface area contributed by atoms with Crippen LogP contribution in [0.3, 0.4) is 0 Å². The van der Waals surface area contributed by atoms with E-state index in [2.05, 4.69) is 53.3 Å². The second-order valence-corrected chi connectivity index (χ2v) is 4.71. The van der Waals surface area contributed by atoms with E-state index in [1.807, 2.05) is 6.07 Å². The summed E-state index contributed by atoms with van der Waals surface area (Å²) in [5.74, 6) is 1.08. The molecule has 0 atom stereocenters. The molecule has 0 aliphatic carbocycles. The van der Waals surface area contributed by atoms with Crippen LogP contribution in [-0.4, -0.2) is 30.0 Å². The van der Waals surface area contributed by atoms with E-state index in [0.717, 1.165) is 25.6 Å². The molecule has 0 amide bonds. The Morgan fingerprint density at radius 3 is 2.61 bits per heavy atom. The number of hydrogen-bond acceptors (Lipinski definition) is 3. The molecule has 0 radical (unpaired) electrons. The summed E-state index contributed by atoms with van der Waals surface area (Å²) in [4.78, 5) is 7.00. The minimum atomic E-state index is 0.620. The van der Waals surface area contributed by atoms with Crippen molar-refractivity contribution < 1.29 is 0 Å². The van der Waals surface area contributed by atoms with Crippen LogP contribution in [0.5, 0.6) is 0 Å². The number of nitrogens with zero attached hydrogens (tertiary/aromatic N) is 2. The third kappa shape index (κ3) is 3.03. The number of hydrogen-bond donors (Lipinski definition) is 1. The smallest absolute Gasteiger partial charge is 0.194 e. The first-order valence-corrected chi connectivity index (χ1v) is 6.94. The molecular weight excluding hydrogens is 222 g/mol. The van der Waals surface area contributed by atoms with E-state index in [1.54, 1.807) is 0 Å². The molecule has 0 unspecified atom stereocenters. The van der Waals surface area contributed by atoms with Crippen LogP contribution >= 0.6 is 0 Å². The summed E-state index contributed by atoms with van der Waals surface area (Å²) in [5.41, 5.74) is 1.30. The number of guanidine groups is 1. The van der Waals surface area contributed by atoms with Crippen LogP contribution in [-0.2, 0) is 6.54 Å². The summed E-state index contributed by atoms with van der Waals surface area (Å²) in [7, 11) is 0.